The minimum Gasteiger partial charge on any atom is -0.399 e. The van der Waals surface area contributed by atoms with E-state index in [1.54, 1.807) is 66.7 Å². The van der Waals surface area contributed by atoms with Crippen molar-refractivity contribution in [2.75, 3.05) is 16.0 Å². The highest BCUT2D eigenvalue weighted by atomic mass is 35.5. The lowest BCUT2D eigenvalue weighted by molar-refractivity contribution is -0.134. The first-order valence-corrected chi connectivity index (χ1v) is 8.65. The van der Waals surface area contributed by atoms with Gasteiger partial charge >= 0.3 is 11.8 Å². The molecule has 3 aromatic rings. The molecular weight excluding hydrogens is 362 g/mol. The number of aryl methyl sites for hydroxylation is 1. The van der Waals surface area contributed by atoms with Crippen LogP contribution in [0.3, 0.4) is 0 Å². The van der Waals surface area contributed by atoms with Crippen LogP contribution in [0.4, 0.5) is 22.7 Å². The number of benzene rings is 3. The standard InChI is InChI=1S/C21H18ClN3O2/c1-14-7-10-16(13-19(14)22)24-20(26)21(27)25(17-5-3-2-4-6-17)18-11-8-15(23)9-12-18/h2-13H,23H2,1H3,(H,24,26). The fraction of sp³-hybridized carbons (Fsp3) is 0.0476. The van der Waals surface area contributed by atoms with Crippen LogP contribution in [0.2, 0.25) is 5.02 Å². The number of nitrogen functional groups attached to an aromatic ring is 1. The van der Waals surface area contributed by atoms with Crippen LogP contribution >= 0.6 is 11.6 Å². The molecule has 3 N–H and O–H groups in total. The third kappa shape index (κ3) is 4.27. The van der Waals surface area contributed by atoms with Gasteiger partial charge in [-0.1, -0.05) is 35.9 Å². The number of rotatable bonds is 3. The van der Waals surface area contributed by atoms with Crippen molar-refractivity contribution in [3.8, 4) is 0 Å². The molecular formula is C21H18ClN3O2. The normalized spacial score (nSPS) is 10.3. The molecule has 0 aromatic heterocycles. The summed E-state index contributed by atoms with van der Waals surface area (Å²) in [5, 5.41) is 3.11. The molecule has 2 amide bonds. The summed E-state index contributed by atoms with van der Waals surface area (Å²) in [5.41, 5.74) is 8.75. The minimum atomic E-state index is -0.768. The van der Waals surface area contributed by atoms with Crippen LogP contribution in [0.25, 0.3) is 0 Å². The number of nitrogens with one attached hydrogen (secondary N) is 1. The van der Waals surface area contributed by atoms with Gasteiger partial charge in [0.25, 0.3) is 0 Å². The SMILES string of the molecule is Cc1ccc(NC(=O)C(=O)N(c2ccccc2)c2ccc(N)cc2)cc1Cl. The van der Waals surface area contributed by atoms with Gasteiger partial charge in [0.1, 0.15) is 0 Å². The highest BCUT2D eigenvalue weighted by Crippen LogP contribution is 2.27. The lowest BCUT2D eigenvalue weighted by atomic mass is 10.2. The van der Waals surface area contributed by atoms with Crippen LogP contribution in [-0.4, -0.2) is 11.8 Å². The smallest absolute Gasteiger partial charge is 0.321 e. The van der Waals surface area contributed by atoms with E-state index in [9.17, 15) is 9.59 Å². The van der Waals surface area contributed by atoms with Crippen LogP contribution in [0.15, 0.2) is 72.8 Å². The minimum absolute atomic E-state index is 0.453. The Balaban J connectivity index is 1.91. The molecule has 0 spiro atoms. The fourth-order valence-electron chi connectivity index (χ4n) is 2.54. The Labute approximate surface area is 162 Å². The van der Waals surface area contributed by atoms with E-state index in [2.05, 4.69) is 5.32 Å². The van der Waals surface area contributed by atoms with Crippen molar-refractivity contribution >= 4 is 46.2 Å². The molecule has 0 radical (unpaired) electrons. The van der Waals surface area contributed by atoms with Gasteiger partial charge < -0.3 is 11.1 Å². The van der Waals surface area contributed by atoms with Crippen LogP contribution in [-0.2, 0) is 9.59 Å². The first-order chi connectivity index (χ1) is 13.0. The van der Waals surface area contributed by atoms with Gasteiger partial charge in [0.05, 0.1) is 0 Å². The number of amides is 2. The Morgan fingerprint density at radius 2 is 1.56 bits per heavy atom. The number of para-hydroxylation sites is 1. The Morgan fingerprint density at radius 1 is 0.926 bits per heavy atom. The van der Waals surface area contributed by atoms with Crippen molar-refractivity contribution in [1.82, 2.24) is 0 Å². The average Bonchev–Trinajstić information content (AvgIpc) is 2.67. The zero-order valence-electron chi connectivity index (χ0n) is 14.6. The number of carbonyl (C=O) groups is 2. The third-order valence-electron chi connectivity index (χ3n) is 3.99. The number of hydrogen-bond donors (Lipinski definition) is 2. The molecule has 0 heterocycles. The highest BCUT2D eigenvalue weighted by Gasteiger charge is 2.25. The molecule has 0 fully saturated rings. The number of anilines is 4. The van der Waals surface area contributed by atoms with Crippen molar-refractivity contribution in [2.45, 2.75) is 6.92 Å². The summed E-state index contributed by atoms with van der Waals surface area (Å²) < 4.78 is 0. The van der Waals surface area contributed by atoms with Gasteiger partial charge in [-0.15, -0.1) is 0 Å². The maximum Gasteiger partial charge on any atom is 0.321 e. The van der Waals surface area contributed by atoms with E-state index in [-0.39, 0.29) is 0 Å². The van der Waals surface area contributed by atoms with Crippen LogP contribution in [0.5, 0.6) is 0 Å². The molecule has 0 aliphatic heterocycles. The Kier molecular flexibility index (Phi) is 5.43. The molecule has 3 rings (SSSR count). The number of hydrogen-bond acceptors (Lipinski definition) is 3. The van der Waals surface area contributed by atoms with Gasteiger partial charge in [-0.05, 0) is 61.0 Å². The Hall–Kier alpha value is -3.31. The van der Waals surface area contributed by atoms with Crippen molar-refractivity contribution in [2.24, 2.45) is 0 Å². The number of halogens is 1. The van der Waals surface area contributed by atoms with Crippen molar-refractivity contribution in [3.05, 3.63) is 83.4 Å². The van der Waals surface area contributed by atoms with E-state index in [1.807, 2.05) is 13.0 Å². The molecule has 0 bridgehead atoms. The van der Waals surface area contributed by atoms with Crippen LogP contribution < -0.4 is 16.0 Å². The largest absolute Gasteiger partial charge is 0.399 e. The first-order valence-electron chi connectivity index (χ1n) is 8.28. The fourth-order valence-corrected chi connectivity index (χ4v) is 2.72. The molecule has 0 unspecified atom stereocenters. The summed E-state index contributed by atoms with van der Waals surface area (Å²) in [4.78, 5) is 26.9. The number of nitrogens with two attached hydrogens (primary N) is 1. The van der Waals surface area contributed by atoms with Crippen LogP contribution in [0.1, 0.15) is 5.56 Å². The zero-order chi connectivity index (χ0) is 19.4. The summed E-state index contributed by atoms with van der Waals surface area (Å²) >= 11 is 6.09. The van der Waals surface area contributed by atoms with E-state index in [4.69, 9.17) is 17.3 Å². The quantitative estimate of drug-likeness (QED) is 0.518. The zero-order valence-corrected chi connectivity index (χ0v) is 15.4. The molecule has 0 saturated carbocycles. The molecule has 27 heavy (non-hydrogen) atoms. The van der Waals surface area contributed by atoms with E-state index in [1.165, 1.54) is 4.90 Å². The second-order valence-corrected chi connectivity index (χ2v) is 6.39. The van der Waals surface area contributed by atoms with Crippen molar-refractivity contribution in [3.63, 3.8) is 0 Å². The summed E-state index contributed by atoms with van der Waals surface area (Å²) in [5.74, 6) is -1.49. The third-order valence-corrected chi connectivity index (χ3v) is 4.40. The molecule has 6 heteroatoms. The van der Waals surface area contributed by atoms with E-state index >= 15 is 0 Å². The summed E-state index contributed by atoms with van der Waals surface area (Å²) in [6.45, 7) is 1.86. The first kappa shape index (κ1) is 18.5. The van der Waals surface area contributed by atoms with Gasteiger partial charge in [-0.2, -0.15) is 0 Å². The van der Waals surface area contributed by atoms with E-state index in [0.29, 0.717) is 27.8 Å². The average molecular weight is 380 g/mol. The molecule has 0 aliphatic carbocycles. The second-order valence-electron chi connectivity index (χ2n) is 5.99. The Bertz CT molecular complexity index is 972. The molecule has 0 saturated heterocycles. The van der Waals surface area contributed by atoms with E-state index < -0.39 is 11.8 Å². The van der Waals surface area contributed by atoms with Gasteiger partial charge in [-0.3, -0.25) is 14.5 Å². The molecule has 136 valence electrons. The lowest BCUT2D eigenvalue weighted by Gasteiger charge is -2.22. The van der Waals surface area contributed by atoms with Gasteiger partial charge in [0, 0.05) is 27.8 Å². The van der Waals surface area contributed by atoms with Gasteiger partial charge in [-0.25, -0.2) is 0 Å². The van der Waals surface area contributed by atoms with Crippen molar-refractivity contribution < 1.29 is 9.59 Å². The van der Waals surface area contributed by atoms with Gasteiger partial charge in [0.15, 0.2) is 0 Å². The predicted molar refractivity (Wildman–Crippen MR) is 109 cm³/mol. The maximum atomic E-state index is 12.9. The second kappa shape index (κ2) is 7.93. The molecule has 5 nitrogen and oxygen atoms in total. The topological polar surface area (TPSA) is 75.4 Å². The molecule has 0 atom stereocenters. The van der Waals surface area contributed by atoms with Crippen LogP contribution in [0, 0.1) is 6.92 Å². The summed E-state index contributed by atoms with van der Waals surface area (Å²) in [6.07, 6.45) is 0. The molecule has 3 aromatic carbocycles. The number of nitrogens with zero attached hydrogens (tertiary/aromatic N) is 1. The maximum absolute atomic E-state index is 12.9. The van der Waals surface area contributed by atoms with Gasteiger partial charge in [0.2, 0.25) is 0 Å². The summed E-state index contributed by atoms with van der Waals surface area (Å²) in [6, 6.07) is 20.8. The lowest BCUT2D eigenvalue weighted by Crippen LogP contribution is -2.36. The molecule has 0 aliphatic rings. The highest BCUT2D eigenvalue weighted by molar-refractivity contribution is 6.45. The number of carbonyl (C=O) groups excluding carboxylic acids is 2. The van der Waals surface area contributed by atoms with E-state index in [0.717, 1.165) is 5.56 Å². The predicted octanol–water partition coefficient (Wildman–Crippen LogP) is 4.53. The Morgan fingerprint density at radius 3 is 2.19 bits per heavy atom. The summed E-state index contributed by atoms with van der Waals surface area (Å²) in [7, 11) is 0. The monoisotopic (exact) mass is 379 g/mol. The van der Waals surface area contributed by atoms with Crippen molar-refractivity contribution in [1.29, 1.82) is 0 Å².